The minimum absolute atomic E-state index is 0.0591. The summed E-state index contributed by atoms with van der Waals surface area (Å²) in [4.78, 5) is 31.8. The van der Waals surface area contributed by atoms with Crippen molar-refractivity contribution in [3.63, 3.8) is 0 Å². The predicted molar refractivity (Wildman–Crippen MR) is 126 cm³/mol. The molecule has 1 heterocycles. The van der Waals surface area contributed by atoms with E-state index in [4.69, 9.17) is 0 Å². The van der Waals surface area contributed by atoms with Crippen LogP contribution in [0.4, 0.5) is 11.4 Å². The van der Waals surface area contributed by atoms with Gasteiger partial charge in [-0.25, -0.2) is 4.99 Å². The molecule has 1 saturated heterocycles. The van der Waals surface area contributed by atoms with Crippen molar-refractivity contribution >= 4 is 40.1 Å². The van der Waals surface area contributed by atoms with E-state index in [9.17, 15) is 9.59 Å². The van der Waals surface area contributed by atoms with E-state index in [0.717, 1.165) is 22.5 Å². The number of amides is 2. The molecule has 3 rings (SSSR count). The van der Waals surface area contributed by atoms with Crippen LogP contribution in [0.15, 0.2) is 47.5 Å². The van der Waals surface area contributed by atoms with Crippen LogP contribution in [0.2, 0.25) is 0 Å². The summed E-state index contributed by atoms with van der Waals surface area (Å²) in [5.74, 6) is 0.241. The highest BCUT2D eigenvalue weighted by atomic mass is 32.2. The number of amidine groups is 1. The summed E-state index contributed by atoms with van der Waals surface area (Å²) in [7, 11) is 0. The highest BCUT2D eigenvalue weighted by Crippen LogP contribution is 2.32. The molecule has 0 radical (unpaired) electrons. The van der Waals surface area contributed by atoms with Crippen LogP contribution in [-0.2, 0) is 9.59 Å². The zero-order valence-corrected chi connectivity index (χ0v) is 19.0. The Labute approximate surface area is 183 Å². The van der Waals surface area contributed by atoms with Gasteiger partial charge in [0.25, 0.3) is 0 Å². The number of carbonyl (C=O) groups is 2. The minimum Gasteiger partial charge on any atom is -0.326 e. The Kier molecular flexibility index (Phi) is 6.98. The van der Waals surface area contributed by atoms with Gasteiger partial charge < -0.3 is 5.32 Å². The summed E-state index contributed by atoms with van der Waals surface area (Å²) in [6, 6.07) is 14.0. The van der Waals surface area contributed by atoms with Crippen LogP contribution in [0.3, 0.4) is 0 Å². The minimum atomic E-state index is -0.455. The zero-order chi connectivity index (χ0) is 21.8. The number of aryl methyl sites for hydroxylation is 2. The first-order valence-corrected chi connectivity index (χ1v) is 11.2. The van der Waals surface area contributed by atoms with Crippen LogP contribution >= 0.6 is 11.8 Å². The normalized spacial score (nSPS) is 17.8. The Bertz CT molecular complexity index is 967. The Balaban J connectivity index is 1.71. The molecule has 1 aliphatic rings. The number of thioether (sulfide) groups is 1. The molecular weight excluding hydrogens is 394 g/mol. The lowest BCUT2D eigenvalue weighted by Crippen LogP contribution is -2.33. The lowest BCUT2D eigenvalue weighted by Gasteiger charge is -2.14. The molecule has 2 aromatic carbocycles. The van der Waals surface area contributed by atoms with Crippen molar-refractivity contribution in [3.05, 3.63) is 59.2 Å². The van der Waals surface area contributed by atoms with E-state index < -0.39 is 5.25 Å². The molecule has 6 heteroatoms. The molecule has 2 amide bonds. The molecule has 0 aliphatic carbocycles. The lowest BCUT2D eigenvalue weighted by atomic mass is 10.0. The van der Waals surface area contributed by atoms with Gasteiger partial charge in [-0.1, -0.05) is 49.9 Å². The Morgan fingerprint density at radius 2 is 1.87 bits per heavy atom. The Morgan fingerprint density at radius 3 is 2.50 bits per heavy atom. The van der Waals surface area contributed by atoms with Crippen molar-refractivity contribution in [3.8, 4) is 0 Å². The Hall–Kier alpha value is -2.60. The molecule has 1 aliphatic heterocycles. The van der Waals surface area contributed by atoms with Gasteiger partial charge in [0.15, 0.2) is 5.17 Å². The van der Waals surface area contributed by atoms with Gasteiger partial charge in [0, 0.05) is 18.7 Å². The quantitative estimate of drug-likeness (QED) is 0.676. The number of nitrogens with one attached hydrogen (secondary N) is 1. The fourth-order valence-electron chi connectivity index (χ4n) is 3.30. The third kappa shape index (κ3) is 5.11. The van der Waals surface area contributed by atoms with E-state index in [0.29, 0.717) is 17.6 Å². The van der Waals surface area contributed by atoms with Crippen molar-refractivity contribution < 1.29 is 9.59 Å². The molecule has 0 aromatic heterocycles. The average Bonchev–Trinajstić information content (AvgIpc) is 2.99. The summed E-state index contributed by atoms with van der Waals surface area (Å²) in [5.41, 5.74) is 4.94. The fraction of sp³-hybridized carbons (Fsp3) is 0.375. The van der Waals surface area contributed by atoms with Gasteiger partial charge in [-0.2, -0.15) is 0 Å². The molecule has 0 spiro atoms. The summed E-state index contributed by atoms with van der Waals surface area (Å²) in [6.45, 7) is 10.7. The fourth-order valence-corrected chi connectivity index (χ4v) is 4.52. The largest absolute Gasteiger partial charge is 0.326 e. The molecule has 0 unspecified atom stereocenters. The van der Waals surface area contributed by atoms with Gasteiger partial charge >= 0.3 is 0 Å². The number of hydrogen-bond donors (Lipinski definition) is 1. The van der Waals surface area contributed by atoms with Crippen LogP contribution in [0.25, 0.3) is 0 Å². The second-order valence-electron chi connectivity index (χ2n) is 7.90. The van der Waals surface area contributed by atoms with Gasteiger partial charge in [0.2, 0.25) is 11.8 Å². The number of hydrogen-bond acceptors (Lipinski definition) is 4. The van der Waals surface area contributed by atoms with E-state index in [2.05, 4.69) is 36.3 Å². The van der Waals surface area contributed by atoms with E-state index in [1.54, 1.807) is 4.90 Å². The van der Waals surface area contributed by atoms with Crippen LogP contribution in [0.5, 0.6) is 0 Å². The average molecular weight is 424 g/mol. The van der Waals surface area contributed by atoms with Gasteiger partial charge in [0.1, 0.15) is 5.25 Å². The molecule has 2 aromatic rings. The van der Waals surface area contributed by atoms with Gasteiger partial charge in [-0.15, -0.1) is 0 Å². The van der Waals surface area contributed by atoms with Gasteiger partial charge in [0.05, 0.1) is 5.69 Å². The Morgan fingerprint density at radius 1 is 1.17 bits per heavy atom. The number of carbonyl (C=O) groups excluding carboxylic acids is 2. The third-order valence-electron chi connectivity index (χ3n) is 5.16. The van der Waals surface area contributed by atoms with Crippen molar-refractivity contribution in [2.24, 2.45) is 4.99 Å². The van der Waals surface area contributed by atoms with Crippen LogP contribution in [0.1, 0.15) is 49.8 Å². The molecule has 1 N–H and O–H groups in total. The maximum atomic E-state index is 12.8. The molecule has 1 atom stereocenters. The summed E-state index contributed by atoms with van der Waals surface area (Å²) < 4.78 is 0. The number of rotatable bonds is 6. The van der Waals surface area contributed by atoms with Crippen LogP contribution < -0.4 is 5.32 Å². The van der Waals surface area contributed by atoms with Crippen LogP contribution in [0, 0.1) is 13.8 Å². The molecule has 1 fully saturated rings. The topological polar surface area (TPSA) is 61.8 Å². The first-order chi connectivity index (χ1) is 14.3. The second-order valence-corrected chi connectivity index (χ2v) is 9.07. The van der Waals surface area contributed by atoms with Crippen molar-refractivity contribution in [2.75, 3.05) is 11.9 Å². The zero-order valence-electron chi connectivity index (χ0n) is 18.2. The van der Waals surface area contributed by atoms with Crippen molar-refractivity contribution in [1.29, 1.82) is 0 Å². The molecule has 0 saturated carbocycles. The summed E-state index contributed by atoms with van der Waals surface area (Å²) in [6.07, 6.45) is 0.124. The smallest absolute Gasteiger partial charge is 0.242 e. The van der Waals surface area contributed by atoms with E-state index in [-0.39, 0.29) is 18.2 Å². The van der Waals surface area contributed by atoms with E-state index >= 15 is 0 Å². The number of anilines is 1. The number of aliphatic imine (C=N–C) groups is 1. The predicted octanol–water partition coefficient (Wildman–Crippen LogP) is 5.41. The molecule has 0 bridgehead atoms. The van der Waals surface area contributed by atoms with E-state index in [1.165, 1.54) is 17.3 Å². The highest BCUT2D eigenvalue weighted by Gasteiger charge is 2.38. The molecule has 5 nitrogen and oxygen atoms in total. The SMILES string of the molecule is CCN1C(=O)[C@H](CC(=O)Nc2cc(C)ccc2C)SC1=Nc1ccc(C(C)C)cc1. The monoisotopic (exact) mass is 423 g/mol. The van der Waals surface area contributed by atoms with Crippen molar-refractivity contribution in [2.45, 2.75) is 52.2 Å². The number of nitrogens with zero attached hydrogens (tertiary/aromatic N) is 2. The van der Waals surface area contributed by atoms with Crippen molar-refractivity contribution in [1.82, 2.24) is 4.90 Å². The standard InChI is InChI=1S/C24H29N3O2S/c1-6-27-23(29)21(14-22(28)26-20-13-16(4)7-8-17(20)5)30-24(27)25-19-11-9-18(10-12-19)15(2)3/h7-13,15,21H,6,14H2,1-5H3,(H,26,28)/t21-/m0/s1. The first-order valence-electron chi connectivity index (χ1n) is 10.3. The summed E-state index contributed by atoms with van der Waals surface area (Å²) >= 11 is 1.37. The molecular formula is C24H29N3O2S. The lowest BCUT2D eigenvalue weighted by molar-refractivity contribution is -0.128. The number of benzene rings is 2. The molecule has 158 valence electrons. The van der Waals surface area contributed by atoms with E-state index in [1.807, 2.05) is 51.1 Å². The summed E-state index contributed by atoms with van der Waals surface area (Å²) in [5, 5.41) is 3.15. The third-order valence-corrected chi connectivity index (χ3v) is 6.33. The highest BCUT2D eigenvalue weighted by molar-refractivity contribution is 8.15. The van der Waals surface area contributed by atoms with Crippen LogP contribution in [-0.4, -0.2) is 33.7 Å². The maximum Gasteiger partial charge on any atom is 0.242 e. The van der Waals surface area contributed by atoms with Gasteiger partial charge in [-0.3, -0.25) is 14.5 Å². The second kappa shape index (κ2) is 9.47. The maximum absolute atomic E-state index is 12.8. The van der Waals surface area contributed by atoms with Gasteiger partial charge in [-0.05, 0) is 61.6 Å². The molecule has 30 heavy (non-hydrogen) atoms. The first kappa shape index (κ1) is 22.1.